The van der Waals surface area contributed by atoms with Crippen LogP contribution in [0, 0.1) is 17.8 Å². The van der Waals surface area contributed by atoms with Gasteiger partial charge in [-0.3, -0.25) is 10.1 Å². The predicted molar refractivity (Wildman–Crippen MR) is 92.6 cm³/mol. The van der Waals surface area contributed by atoms with Gasteiger partial charge in [0, 0.05) is 12.6 Å². The van der Waals surface area contributed by atoms with E-state index in [-0.39, 0.29) is 40.5 Å². The molecule has 0 radical (unpaired) electrons. The van der Waals surface area contributed by atoms with Crippen LogP contribution in [0.5, 0.6) is 0 Å². The number of hydrogen-bond acceptors (Lipinski definition) is 5. The third-order valence-electron chi connectivity index (χ3n) is 5.77. The van der Waals surface area contributed by atoms with E-state index in [0.717, 1.165) is 0 Å². The third kappa shape index (κ3) is 3.98. The average molecular weight is 344 g/mol. The molecule has 0 aromatic rings. The molecule has 1 aliphatic carbocycles. The minimum Gasteiger partial charge on any atom is -0.469 e. The minimum atomic E-state index is -1.80. The van der Waals surface area contributed by atoms with E-state index in [4.69, 9.17) is 13.9 Å². The van der Waals surface area contributed by atoms with Crippen molar-refractivity contribution in [3.05, 3.63) is 0 Å². The molecular weight excluding hydrogens is 310 g/mol. The lowest BCUT2D eigenvalue weighted by atomic mass is 10.1. The van der Waals surface area contributed by atoms with Crippen LogP contribution in [-0.4, -0.2) is 46.4 Å². The molecule has 0 aromatic carbocycles. The second-order valence-corrected chi connectivity index (χ2v) is 13.7. The maximum atomic E-state index is 12.1. The fourth-order valence-electron chi connectivity index (χ4n) is 3.19. The van der Waals surface area contributed by atoms with E-state index in [1.165, 1.54) is 7.11 Å². The van der Waals surface area contributed by atoms with Crippen molar-refractivity contribution in [2.45, 2.75) is 64.5 Å². The largest absolute Gasteiger partial charge is 0.469 e. The van der Waals surface area contributed by atoms with Crippen molar-refractivity contribution in [1.82, 2.24) is 5.32 Å². The quantitative estimate of drug-likeness (QED) is 0.614. The molecule has 2 fully saturated rings. The smallest absolute Gasteiger partial charge is 0.309 e. The molecule has 1 saturated heterocycles. The Morgan fingerprint density at radius 2 is 1.96 bits per heavy atom. The third-order valence-corrected chi connectivity index (χ3v) is 10.3. The lowest BCUT2D eigenvalue weighted by Crippen LogP contribution is -2.42. The first kappa shape index (κ1) is 18.9. The Bertz CT molecular complexity index is 458. The van der Waals surface area contributed by atoms with Crippen LogP contribution in [-0.2, 0) is 18.7 Å². The lowest BCUT2D eigenvalue weighted by molar-refractivity contribution is -0.143. The molecule has 134 valence electrons. The van der Waals surface area contributed by atoms with Crippen LogP contribution >= 0.6 is 0 Å². The Morgan fingerprint density at radius 1 is 1.35 bits per heavy atom. The van der Waals surface area contributed by atoms with E-state index in [9.17, 15) is 4.79 Å². The summed E-state index contributed by atoms with van der Waals surface area (Å²) in [6.07, 6.45) is 0. The zero-order chi connectivity index (χ0) is 17.6. The number of methoxy groups -OCH3 is 1. The molecule has 1 N–H and O–H groups in total. The van der Waals surface area contributed by atoms with Crippen molar-refractivity contribution in [1.29, 1.82) is 0 Å². The van der Waals surface area contributed by atoms with Gasteiger partial charge in [-0.05, 0) is 43.8 Å². The van der Waals surface area contributed by atoms with E-state index in [0.29, 0.717) is 13.2 Å². The first-order chi connectivity index (χ1) is 10.4. The van der Waals surface area contributed by atoms with Gasteiger partial charge in [-0.25, -0.2) is 0 Å². The summed E-state index contributed by atoms with van der Waals surface area (Å²) in [6, 6.07) is 0.196. The van der Waals surface area contributed by atoms with Crippen molar-refractivity contribution in [2.24, 2.45) is 17.8 Å². The molecule has 0 spiro atoms. The summed E-state index contributed by atoms with van der Waals surface area (Å²) in [5.41, 5.74) is -0.321. The summed E-state index contributed by atoms with van der Waals surface area (Å²) in [5.74, 6) is 0.283. The second-order valence-electron chi connectivity index (χ2n) is 8.93. The second kappa shape index (κ2) is 6.13. The predicted octanol–water partition coefficient (Wildman–Crippen LogP) is 2.77. The molecule has 0 bridgehead atoms. The number of carbonyl (C=O) groups is 1. The summed E-state index contributed by atoms with van der Waals surface area (Å²) in [5, 5.41) is 3.66. The van der Waals surface area contributed by atoms with E-state index < -0.39 is 8.32 Å². The summed E-state index contributed by atoms with van der Waals surface area (Å²) in [7, 11) is -0.339. The molecule has 2 rings (SSSR count). The molecule has 4 unspecified atom stereocenters. The Balaban J connectivity index is 2.01. The molecule has 23 heavy (non-hydrogen) atoms. The van der Waals surface area contributed by atoms with Gasteiger partial charge < -0.3 is 13.9 Å². The molecule has 1 aliphatic heterocycles. The standard InChI is InChI=1S/C17H33NO4Si/c1-16(2,3)23(7,8)22-9-11-13(14(11)15(19)20-6)12-10-21-17(4,5)18-12/h11-14,18H,9-10H2,1-8H3. The molecule has 0 aromatic heterocycles. The van der Waals surface area contributed by atoms with Crippen LogP contribution in [0.4, 0.5) is 0 Å². The van der Waals surface area contributed by atoms with Gasteiger partial charge in [0.2, 0.25) is 0 Å². The monoisotopic (exact) mass is 343 g/mol. The first-order valence-electron chi connectivity index (χ1n) is 8.53. The first-order valence-corrected chi connectivity index (χ1v) is 11.4. The van der Waals surface area contributed by atoms with Crippen molar-refractivity contribution in [2.75, 3.05) is 20.3 Å². The summed E-state index contributed by atoms with van der Waals surface area (Å²) >= 11 is 0. The van der Waals surface area contributed by atoms with Crippen molar-refractivity contribution < 1.29 is 18.7 Å². The number of nitrogens with one attached hydrogen (secondary N) is 1. The van der Waals surface area contributed by atoms with E-state index in [2.05, 4.69) is 39.2 Å². The summed E-state index contributed by atoms with van der Waals surface area (Å²) < 4.78 is 17.1. The zero-order valence-electron chi connectivity index (χ0n) is 15.9. The fraction of sp³-hybridized carbons (Fsp3) is 0.941. The van der Waals surface area contributed by atoms with Crippen molar-refractivity contribution in [3.8, 4) is 0 Å². The van der Waals surface area contributed by atoms with Gasteiger partial charge in [-0.2, -0.15) is 0 Å². The Kier molecular flexibility index (Phi) is 5.04. The van der Waals surface area contributed by atoms with Gasteiger partial charge in [0.25, 0.3) is 0 Å². The van der Waals surface area contributed by atoms with E-state index >= 15 is 0 Å². The van der Waals surface area contributed by atoms with Crippen molar-refractivity contribution in [3.63, 3.8) is 0 Å². The van der Waals surface area contributed by atoms with Crippen LogP contribution in [0.25, 0.3) is 0 Å². The molecule has 0 amide bonds. The normalized spacial score (nSPS) is 33.6. The van der Waals surface area contributed by atoms with Crippen LogP contribution in [0.1, 0.15) is 34.6 Å². The highest BCUT2D eigenvalue weighted by Crippen LogP contribution is 2.52. The number of esters is 1. The van der Waals surface area contributed by atoms with Gasteiger partial charge in [0.15, 0.2) is 8.32 Å². The van der Waals surface area contributed by atoms with Gasteiger partial charge in [-0.1, -0.05) is 20.8 Å². The fourth-order valence-corrected chi connectivity index (χ4v) is 4.23. The Morgan fingerprint density at radius 3 is 2.39 bits per heavy atom. The highest BCUT2D eigenvalue weighted by molar-refractivity contribution is 6.74. The Labute approximate surface area is 141 Å². The SMILES string of the molecule is COC(=O)C1C(CO[Si](C)(C)C(C)(C)C)C1C1COC(C)(C)N1. The van der Waals surface area contributed by atoms with Gasteiger partial charge in [-0.15, -0.1) is 0 Å². The van der Waals surface area contributed by atoms with Crippen LogP contribution < -0.4 is 5.32 Å². The summed E-state index contributed by atoms with van der Waals surface area (Å²) in [6.45, 7) is 16.5. The number of ether oxygens (including phenoxy) is 2. The maximum absolute atomic E-state index is 12.1. The number of hydrogen-bond donors (Lipinski definition) is 1. The molecule has 6 heteroatoms. The number of rotatable bonds is 5. The highest BCUT2D eigenvalue weighted by Gasteiger charge is 2.61. The Hall–Kier alpha value is -0.433. The lowest BCUT2D eigenvalue weighted by Gasteiger charge is -2.36. The van der Waals surface area contributed by atoms with E-state index in [1.54, 1.807) is 0 Å². The van der Waals surface area contributed by atoms with Gasteiger partial charge in [0.1, 0.15) is 5.72 Å². The van der Waals surface area contributed by atoms with E-state index in [1.807, 2.05) is 13.8 Å². The van der Waals surface area contributed by atoms with Gasteiger partial charge in [0.05, 0.1) is 19.6 Å². The topological polar surface area (TPSA) is 56.8 Å². The maximum Gasteiger partial charge on any atom is 0.309 e. The van der Waals surface area contributed by atoms with Crippen molar-refractivity contribution >= 4 is 14.3 Å². The zero-order valence-corrected chi connectivity index (χ0v) is 16.9. The molecule has 1 saturated carbocycles. The minimum absolute atomic E-state index is 0.0697. The van der Waals surface area contributed by atoms with Crippen LogP contribution in [0.15, 0.2) is 0 Å². The van der Waals surface area contributed by atoms with Gasteiger partial charge >= 0.3 is 5.97 Å². The molecular formula is C17H33NO4Si. The summed E-state index contributed by atoms with van der Waals surface area (Å²) in [4.78, 5) is 12.1. The number of carbonyl (C=O) groups excluding carboxylic acids is 1. The molecule has 4 atom stereocenters. The highest BCUT2D eigenvalue weighted by atomic mass is 28.4. The average Bonchev–Trinajstić information content (AvgIpc) is 3.03. The molecule has 2 aliphatic rings. The van der Waals surface area contributed by atoms with Crippen LogP contribution in [0.3, 0.4) is 0 Å². The molecule has 5 nitrogen and oxygen atoms in total. The molecule has 1 heterocycles. The van der Waals surface area contributed by atoms with Crippen LogP contribution in [0.2, 0.25) is 18.1 Å².